The summed E-state index contributed by atoms with van der Waals surface area (Å²) in [5.74, 6) is 0.465. The number of halogens is 1. The maximum absolute atomic E-state index is 12.5. The number of carbonyl (C=O) groups excluding carboxylic acids is 1. The van der Waals surface area contributed by atoms with Crippen LogP contribution in [0.3, 0.4) is 0 Å². The Bertz CT molecular complexity index is 1150. The van der Waals surface area contributed by atoms with E-state index in [9.17, 15) is 4.79 Å². The Morgan fingerprint density at radius 3 is 2.76 bits per heavy atom. The minimum absolute atomic E-state index is 0.159. The van der Waals surface area contributed by atoms with Gasteiger partial charge >= 0.3 is 0 Å². The molecule has 29 heavy (non-hydrogen) atoms. The summed E-state index contributed by atoms with van der Waals surface area (Å²) in [6.07, 6.45) is 3.91. The van der Waals surface area contributed by atoms with Crippen molar-refractivity contribution in [3.05, 3.63) is 100 Å². The van der Waals surface area contributed by atoms with Gasteiger partial charge in [0, 0.05) is 29.5 Å². The maximum Gasteiger partial charge on any atom is 0.251 e. The molecule has 0 unspecified atom stereocenters. The summed E-state index contributed by atoms with van der Waals surface area (Å²) < 4.78 is 7.84. The minimum atomic E-state index is -0.159. The quantitative estimate of drug-likeness (QED) is 0.501. The number of aryl methyl sites for hydroxylation is 1. The van der Waals surface area contributed by atoms with Crippen molar-refractivity contribution < 1.29 is 9.53 Å². The zero-order valence-electron chi connectivity index (χ0n) is 15.9. The molecule has 5 nitrogen and oxygen atoms in total. The van der Waals surface area contributed by atoms with Gasteiger partial charge in [-0.2, -0.15) is 0 Å². The maximum atomic E-state index is 12.5. The molecule has 0 saturated heterocycles. The molecule has 0 atom stereocenters. The number of carbonyl (C=O) groups is 1. The number of ether oxygens (including phenoxy) is 1. The van der Waals surface area contributed by atoms with E-state index in [4.69, 9.17) is 16.3 Å². The molecule has 4 rings (SSSR count). The van der Waals surface area contributed by atoms with Gasteiger partial charge in [-0.15, -0.1) is 0 Å². The number of aromatic nitrogens is 2. The van der Waals surface area contributed by atoms with Crippen molar-refractivity contribution >= 4 is 23.2 Å². The van der Waals surface area contributed by atoms with E-state index in [2.05, 4.69) is 10.3 Å². The molecule has 1 amide bonds. The average molecular weight is 406 g/mol. The number of pyridine rings is 1. The predicted molar refractivity (Wildman–Crippen MR) is 113 cm³/mol. The first kappa shape index (κ1) is 19.0. The van der Waals surface area contributed by atoms with Crippen molar-refractivity contribution in [1.82, 2.24) is 14.7 Å². The monoisotopic (exact) mass is 405 g/mol. The largest absolute Gasteiger partial charge is 0.487 e. The van der Waals surface area contributed by atoms with Gasteiger partial charge in [-0.3, -0.25) is 4.79 Å². The third kappa shape index (κ3) is 4.58. The first-order chi connectivity index (χ1) is 14.1. The molecule has 1 N–H and O–H groups in total. The van der Waals surface area contributed by atoms with Crippen molar-refractivity contribution in [1.29, 1.82) is 0 Å². The van der Waals surface area contributed by atoms with Crippen molar-refractivity contribution in [3.8, 4) is 5.75 Å². The molecule has 0 aliphatic carbocycles. The highest BCUT2D eigenvalue weighted by atomic mass is 35.5. The van der Waals surface area contributed by atoms with Crippen molar-refractivity contribution in [3.63, 3.8) is 0 Å². The Kier molecular flexibility index (Phi) is 5.49. The van der Waals surface area contributed by atoms with Crippen molar-refractivity contribution in [2.75, 3.05) is 0 Å². The van der Waals surface area contributed by atoms with E-state index in [1.807, 2.05) is 54.0 Å². The van der Waals surface area contributed by atoms with Gasteiger partial charge in [-0.25, -0.2) is 4.98 Å². The third-order valence-electron chi connectivity index (χ3n) is 4.58. The highest BCUT2D eigenvalue weighted by molar-refractivity contribution is 6.30. The number of nitrogens with zero attached hydrogens (tertiary/aromatic N) is 2. The van der Waals surface area contributed by atoms with Gasteiger partial charge in [0.1, 0.15) is 18.0 Å². The van der Waals surface area contributed by atoms with E-state index >= 15 is 0 Å². The highest BCUT2D eigenvalue weighted by Crippen LogP contribution is 2.17. The molecule has 0 radical (unpaired) electrons. The first-order valence-corrected chi connectivity index (χ1v) is 9.65. The van der Waals surface area contributed by atoms with Gasteiger partial charge in [-0.1, -0.05) is 35.9 Å². The molecule has 2 heterocycles. The molecule has 6 heteroatoms. The smallest absolute Gasteiger partial charge is 0.251 e. The second-order valence-corrected chi connectivity index (χ2v) is 7.22. The summed E-state index contributed by atoms with van der Waals surface area (Å²) in [7, 11) is 0. The summed E-state index contributed by atoms with van der Waals surface area (Å²) >= 11 is 5.89. The number of hydrogen-bond donors (Lipinski definition) is 1. The SMILES string of the molecule is Cc1cccn2cc(COc3cccc(C(=O)NCc4ccc(Cl)cc4)c3)nc12. The lowest BCUT2D eigenvalue weighted by atomic mass is 10.2. The fraction of sp³-hybridized carbons (Fsp3) is 0.130. The van der Waals surface area contributed by atoms with Crippen molar-refractivity contribution in [2.45, 2.75) is 20.1 Å². The van der Waals surface area contributed by atoms with Crippen LogP contribution < -0.4 is 10.1 Å². The van der Waals surface area contributed by atoms with Crippen LogP contribution in [0.1, 0.15) is 27.2 Å². The number of amides is 1. The van der Waals surface area contributed by atoms with Crippen molar-refractivity contribution in [2.24, 2.45) is 0 Å². The molecule has 0 fully saturated rings. The van der Waals surface area contributed by atoms with Gasteiger partial charge in [-0.05, 0) is 54.4 Å². The van der Waals surface area contributed by atoms with Crippen LogP contribution in [0.5, 0.6) is 5.75 Å². The topological polar surface area (TPSA) is 55.6 Å². The Labute approximate surface area is 173 Å². The lowest BCUT2D eigenvalue weighted by Gasteiger charge is -2.08. The number of imidazole rings is 1. The molecule has 0 saturated carbocycles. The van der Waals surface area contributed by atoms with E-state index in [0.29, 0.717) is 29.5 Å². The summed E-state index contributed by atoms with van der Waals surface area (Å²) in [5, 5.41) is 3.58. The van der Waals surface area contributed by atoms with E-state index < -0.39 is 0 Å². The molecule has 0 aliphatic heterocycles. The number of benzene rings is 2. The van der Waals surface area contributed by atoms with Crippen LogP contribution in [0.15, 0.2) is 73.1 Å². The Balaban J connectivity index is 1.39. The molecule has 0 aliphatic rings. The third-order valence-corrected chi connectivity index (χ3v) is 4.83. The van der Waals surface area contributed by atoms with Crippen LogP contribution in [0.2, 0.25) is 5.02 Å². The van der Waals surface area contributed by atoms with Crippen LogP contribution in [0.4, 0.5) is 0 Å². The van der Waals surface area contributed by atoms with Gasteiger partial charge in [0.2, 0.25) is 0 Å². The Morgan fingerprint density at radius 2 is 1.97 bits per heavy atom. The lowest BCUT2D eigenvalue weighted by Crippen LogP contribution is -2.22. The van der Waals surface area contributed by atoms with E-state index in [1.165, 1.54) is 0 Å². The second-order valence-electron chi connectivity index (χ2n) is 6.78. The van der Waals surface area contributed by atoms with Gasteiger partial charge < -0.3 is 14.5 Å². The molecular formula is C23H20ClN3O2. The number of fused-ring (bicyclic) bond motifs is 1. The van der Waals surface area contributed by atoms with E-state index in [-0.39, 0.29) is 5.91 Å². The number of hydrogen-bond acceptors (Lipinski definition) is 3. The van der Waals surface area contributed by atoms with E-state index in [1.54, 1.807) is 30.3 Å². The zero-order valence-corrected chi connectivity index (χ0v) is 16.7. The fourth-order valence-corrected chi connectivity index (χ4v) is 3.17. The minimum Gasteiger partial charge on any atom is -0.487 e. The summed E-state index contributed by atoms with van der Waals surface area (Å²) in [5.41, 5.74) is 4.39. The summed E-state index contributed by atoms with van der Waals surface area (Å²) in [4.78, 5) is 17.1. The molecule has 0 bridgehead atoms. The molecule has 146 valence electrons. The zero-order chi connectivity index (χ0) is 20.2. The van der Waals surface area contributed by atoms with Gasteiger partial charge in [0.05, 0.1) is 5.69 Å². The first-order valence-electron chi connectivity index (χ1n) is 9.27. The second kappa shape index (κ2) is 8.37. The molecule has 2 aromatic carbocycles. The average Bonchev–Trinajstić information content (AvgIpc) is 3.16. The van der Waals surface area contributed by atoms with Crippen LogP contribution in [-0.4, -0.2) is 15.3 Å². The van der Waals surface area contributed by atoms with Crippen LogP contribution >= 0.6 is 11.6 Å². The van der Waals surface area contributed by atoms with Gasteiger partial charge in [0.25, 0.3) is 5.91 Å². The predicted octanol–water partition coefficient (Wildman–Crippen LogP) is 4.81. The summed E-state index contributed by atoms with van der Waals surface area (Å²) in [6.45, 7) is 2.79. The molecule has 2 aromatic heterocycles. The summed E-state index contributed by atoms with van der Waals surface area (Å²) in [6, 6.07) is 18.5. The normalized spacial score (nSPS) is 10.8. The molecule has 0 spiro atoms. The standard InChI is InChI=1S/C23H20ClN3O2/c1-16-4-3-11-27-14-20(26-22(16)27)15-29-21-6-2-5-18(12-21)23(28)25-13-17-7-9-19(24)10-8-17/h2-12,14H,13,15H2,1H3,(H,25,28). The number of rotatable bonds is 6. The van der Waals surface area contributed by atoms with E-state index in [0.717, 1.165) is 22.5 Å². The molecular weight excluding hydrogens is 386 g/mol. The van der Waals surface area contributed by atoms with Crippen LogP contribution in [0, 0.1) is 6.92 Å². The number of nitrogens with one attached hydrogen (secondary N) is 1. The Hall–Kier alpha value is -3.31. The Morgan fingerprint density at radius 1 is 1.14 bits per heavy atom. The highest BCUT2D eigenvalue weighted by Gasteiger charge is 2.08. The molecule has 4 aromatic rings. The van der Waals surface area contributed by atoms with Gasteiger partial charge in [0.15, 0.2) is 0 Å². The van der Waals surface area contributed by atoms with Crippen LogP contribution in [0.25, 0.3) is 5.65 Å². The van der Waals surface area contributed by atoms with Crippen LogP contribution in [-0.2, 0) is 13.2 Å². The fourth-order valence-electron chi connectivity index (χ4n) is 3.04. The lowest BCUT2D eigenvalue weighted by molar-refractivity contribution is 0.0950.